The summed E-state index contributed by atoms with van der Waals surface area (Å²) in [4.78, 5) is 5.17. The predicted octanol–water partition coefficient (Wildman–Crippen LogP) is 12.7. The van der Waals surface area contributed by atoms with Crippen molar-refractivity contribution >= 4 is 75.8 Å². The fourth-order valence-corrected chi connectivity index (χ4v) is 8.31. The van der Waals surface area contributed by atoms with Gasteiger partial charge in [-0.25, -0.2) is 4.98 Å². The van der Waals surface area contributed by atoms with Crippen LogP contribution >= 0.6 is 11.3 Å². The fourth-order valence-electron chi connectivity index (χ4n) is 7.28. The van der Waals surface area contributed by atoms with Crippen molar-refractivity contribution in [3.63, 3.8) is 0 Å². The lowest BCUT2D eigenvalue weighted by atomic mass is 9.84. The number of benzene rings is 8. The molecule has 0 bridgehead atoms. The van der Waals surface area contributed by atoms with Crippen molar-refractivity contribution in [2.24, 2.45) is 0 Å². The lowest BCUT2D eigenvalue weighted by Crippen LogP contribution is -1.92. The molecular weight excluding hydrogens is 579 g/mol. The quantitative estimate of drug-likeness (QED) is 0.188. The van der Waals surface area contributed by atoms with Gasteiger partial charge in [-0.2, -0.15) is 0 Å². The van der Waals surface area contributed by atoms with Crippen LogP contribution < -0.4 is 0 Å². The smallest absolute Gasteiger partial charge is 0.136 e. The first-order valence-corrected chi connectivity index (χ1v) is 16.4. The summed E-state index contributed by atoms with van der Waals surface area (Å²) in [6, 6.07) is 54.3. The van der Waals surface area contributed by atoms with Gasteiger partial charge in [0.05, 0.1) is 10.2 Å². The first kappa shape index (κ1) is 25.5. The number of para-hydroxylation sites is 1. The summed E-state index contributed by atoms with van der Waals surface area (Å²) in [6.07, 6.45) is 0. The third-order valence-electron chi connectivity index (χ3n) is 9.29. The van der Waals surface area contributed by atoms with Crippen molar-refractivity contribution in [2.75, 3.05) is 0 Å². The number of hydrogen-bond acceptors (Lipinski definition) is 3. The Kier molecular flexibility index (Phi) is 5.48. The molecule has 214 valence electrons. The van der Waals surface area contributed by atoms with Crippen LogP contribution in [0.15, 0.2) is 156 Å². The van der Waals surface area contributed by atoms with E-state index in [0.717, 1.165) is 43.6 Å². The number of fused-ring (bicyclic) bond motifs is 8. The van der Waals surface area contributed by atoms with Crippen LogP contribution in [0, 0.1) is 0 Å². The van der Waals surface area contributed by atoms with Gasteiger partial charge < -0.3 is 4.42 Å². The highest BCUT2D eigenvalue weighted by Crippen LogP contribution is 2.48. The Morgan fingerprint density at radius 1 is 0.413 bits per heavy atom. The molecule has 10 rings (SSSR count). The lowest BCUT2D eigenvalue weighted by Gasteiger charge is -2.19. The molecule has 0 radical (unpaired) electrons. The predicted molar refractivity (Wildman–Crippen MR) is 196 cm³/mol. The molecule has 0 saturated carbocycles. The molecule has 0 atom stereocenters. The number of nitrogens with zero attached hydrogens (tertiary/aromatic N) is 1. The summed E-state index contributed by atoms with van der Waals surface area (Å²) in [5.74, 6) is 0. The van der Waals surface area contributed by atoms with E-state index in [-0.39, 0.29) is 0 Å². The molecule has 0 aliphatic carbocycles. The highest BCUT2D eigenvalue weighted by atomic mass is 32.1. The Morgan fingerprint density at radius 2 is 0.978 bits per heavy atom. The van der Waals surface area contributed by atoms with Crippen LogP contribution in [-0.2, 0) is 0 Å². The second kappa shape index (κ2) is 9.87. The Labute approximate surface area is 268 Å². The SMILES string of the molecule is c1ccc(-c2nc3c(cc(-c4c5ccccc5c(-c5ccc6c(c5)oc5ccccc56)c5ccccc45)c4ccccc43)s2)cc1. The van der Waals surface area contributed by atoms with Gasteiger partial charge in [0, 0.05) is 21.7 Å². The van der Waals surface area contributed by atoms with Gasteiger partial charge in [0.1, 0.15) is 16.2 Å². The average molecular weight is 604 g/mol. The monoisotopic (exact) mass is 603 g/mol. The summed E-state index contributed by atoms with van der Waals surface area (Å²) in [7, 11) is 0. The van der Waals surface area contributed by atoms with Crippen LogP contribution in [0.25, 0.3) is 97.3 Å². The van der Waals surface area contributed by atoms with Crippen molar-refractivity contribution in [3.05, 3.63) is 152 Å². The summed E-state index contributed by atoms with van der Waals surface area (Å²) < 4.78 is 7.54. The second-order valence-electron chi connectivity index (χ2n) is 11.9. The molecule has 10 aromatic rings. The van der Waals surface area contributed by atoms with Gasteiger partial charge in [0.15, 0.2) is 0 Å². The molecule has 0 aliphatic heterocycles. The van der Waals surface area contributed by atoms with Gasteiger partial charge in [-0.1, -0.05) is 127 Å². The van der Waals surface area contributed by atoms with Crippen molar-refractivity contribution in [3.8, 4) is 32.8 Å². The van der Waals surface area contributed by atoms with Crippen LogP contribution in [0.1, 0.15) is 0 Å². The van der Waals surface area contributed by atoms with Crippen LogP contribution in [0.5, 0.6) is 0 Å². The van der Waals surface area contributed by atoms with E-state index < -0.39 is 0 Å². The molecular formula is C43H25NOS. The van der Waals surface area contributed by atoms with Gasteiger partial charge in [-0.15, -0.1) is 11.3 Å². The minimum Gasteiger partial charge on any atom is -0.456 e. The van der Waals surface area contributed by atoms with E-state index >= 15 is 0 Å². The molecule has 46 heavy (non-hydrogen) atoms. The standard InChI is InChI=1S/C43H25NOS/c1-2-12-26(13-3-1)43-44-42-35-20-9-4-14-28(35)36(25-39(42)46-43)41-33-18-7-5-16-31(33)40(32-17-6-8-19-34(32)41)27-22-23-30-29-15-10-11-21-37(29)45-38(30)24-27/h1-25H. The van der Waals surface area contributed by atoms with E-state index in [0.29, 0.717) is 0 Å². The van der Waals surface area contributed by atoms with Crippen LogP contribution in [0.4, 0.5) is 0 Å². The maximum absolute atomic E-state index is 6.35. The van der Waals surface area contributed by atoms with Crippen LogP contribution in [0.3, 0.4) is 0 Å². The van der Waals surface area contributed by atoms with Gasteiger partial charge in [-0.05, 0) is 73.5 Å². The first-order valence-electron chi connectivity index (χ1n) is 15.5. The van der Waals surface area contributed by atoms with E-state index in [1.807, 2.05) is 12.1 Å². The second-order valence-corrected chi connectivity index (χ2v) is 12.9. The van der Waals surface area contributed by atoms with Gasteiger partial charge >= 0.3 is 0 Å². The van der Waals surface area contributed by atoms with Crippen LogP contribution in [-0.4, -0.2) is 4.98 Å². The molecule has 0 amide bonds. The average Bonchev–Trinajstić information content (AvgIpc) is 3.72. The normalized spacial score (nSPS) is 11.9. The molecule has 0 spiro atoms. The third kappa shape index (κ3) is 3.73. The molecule has 0 saturated heterocycles. The minimum atomic E-state index is 0.909. The van der Waals surface area contributed by atoms with Crippen molar-refractivity contribution in [2.45, 2.75) is 0 Å². The van der Waals surface area contributed by atoms with Crippen molar-refractivity contribution in [1.29, 1.82) is 0 Å². The number of aromatic nitrogens is 1. The maximum Gasteiger partial charge on any atom is 0.136 e. The number of rotatable bonds is 3. The van der Waals surface area contributed by atoms with E-state index in [9.17, 15) is 0 Å². The number of thiazole rings is 1. The van der Waals surface area contributed by atoms with Crippen molar-refractivity contribution < 1.29 is 4.42 Å². The maximum atomic E-state index is 6.35. The molecule has 0 aliphatic rings. The van der Waals surface area contributed by atoms with Gasteiger partial charge in [-0.3, -0.25) is 0 Å². The molecule has 2 nitrogen and oxygen atoms in total. The summed E-state index contributed by atoms with van der Waals surface area (Å²) in [6.45, 7) is 0. The highest BCUT2D eigenvalue weighted by Gasteiger charge is 2.21. The Morgan fingerprint density at radius 3 is 1.70 bits per heavy atom. The molecule has 2 heterocycles. The van der Waals surface area contributed by atoms with E-state index in [4.69, 9.17) is 9.40 Å². The molecule has 0 unspecified atom stereocenters. The first-order chi connectivity index (χ1) is 22.8. The Bertz CT molecular complexity index is 2750. The zero-order valence-corrected chi connectivity index (χ0v) is 25.5. The number of furan rings is 1. The summed E-state index contributed by atoms with van der Waals surface area (Å²) in [5.41, 5.74) is 8.91. The number of hydrogen-bond donors (Lipinski definition) is 0. The zero-order chi connectivity index (χ0) is 30.2. The van der Waals surface area contributed by atoms with Gasteiger partial charge in [0.2, 0.25) is 0 Å². The fraction of sp³-hybridized carbons (Fsp3) is 0. The minimum absolute atomic E-state index is 0.909. The van der Waals surface area contributed by atoms with Crippen LogP contribution in [0.2, 0.25) is 0 Å². The van der Waals surface area contributed by atoms with E-state index in [2.05, 4.69) is 140 Å². The molecule has 2 aromatic heterocycles. The summed E-state index contributed by atoms with van der Waals surface area (Å²) in [5, 5.41) is 10.7. The largest absolute Gasteiger partial charge is 0.456 e. The zero-order valence-electron chi connectivity index (χ0n) is 24.7. The third-order valence-corrected chi connectivity index (χ3v) is 10.3. The lowest BCUT2D eigenvalue weighted by molar-refractivity contribution is 0.669. The van der Waals surface area contributed by atoms with Crippen molar-refractivity contribution in [1.82, 2.24) is 4.98 Å². The Balaban J connectivity index is 1.29. The molecule has 3 heteroatoms. The summed E-state index contributed by atoms with van der Waals surface area (Å²) >= 11 is 1.77. The Hall–Kier alpha value is -5.77. The topological polar surface area (TPSA) is 26.0 Å². The molecule has 0 N–H and O–H groups in total. The molecule has 0 fully saturated rings. The van der Waals surface area contributed by atoms with Gasteiger partial charge in [0.25, 0.3) is 0 Å². The van der Waals surface area contributed by atoms with E-state index in [1.54, 1.807) is 11.3 Å². The highest BCUT2D eigenvalue weighted by molar-refractivity contribution is 7.21. The molecule has 8 aromatic carbocycles. The van der Waals surface area contributed by atoms with E-state index in [1.165, 1.54) is 53.7 Å².